The van der Waals surface area contributed by atoms with Gasteiger partial charge in [-0.2, -0.15) is 0 Å². The number of guanidine groups is 1. The molecule has 0 heterocycles. The van der Waals surface area contributed by atoms with E-state index in [2.05, 4.69) is 20.9 Å². The van der Waals surface area contributed by atoms with Crippen LogP contribution in [0.5, 0.6) is 5.75 Å². The van der Waals surface area contributed by atoms with Crippen LogP contribution >= 0.6 is 0 Å². The molecule has 0 fully saturated rings. The first-order valence-electron chi connectivity index (χ1n) is 9.68. The molecule has 0 saturated heterocycles. The van der Waals surface area contributed by atoms with Gasteiger partial charge < -0.3 is 25.4 Å². The van der Waals surface area contributed by atoms with Gasteiger partial charge in [0.05, 0.1) is 6.54 Å². The van der Waals surface area contributed by atoms with Crippen LogP contribution in [0.15, 0.2) is 29.3 Å². The highest BCUT2D eigenvalue weighted by Gasteiger charge is 2.15. The second-order valence-corrected chi connectivity index (χ2v) is 7.25. The van der Waals surface area contributed by atoms with Gasteiger partial charge in [0, 0.05) is 19.6 Å². The lowest BCUT2D eigenvalue weighted by atomic mass is 10.2. The lowest BCUT2D eigenvalue weighted by molar-refractivity contribution is 0.0527. The lowest BCUT2D eigenvalue weighted by Crippen LogP contribution is -2.39. The molecular formula is C20H32F2N4O3. The molecule has 0 spiro atoms. The number of hydrogen-bond donors (Lipinski definition) is 3. The van der Waals surface area contributed by atoms with Crippen LogP contribution < -0.4 is 20.7 Å². The Labute approximate surface area is 171 Å². The van der Waals surface area contributed by atoms with E-state index in [9.17, 15) is 13.6 Å². The number of ether oxygens (including phenoxy) is 2. The van der Waals surface area contributed by atoms with Crippen LogP contribution in [0.25, 0.3) is 0 Å². The van der Waals surface area contributed by atoms with Crippen LogP contribution in [-0.2, 0) is 11.3 Å². The van der Waals surface area contributed by atoms with Crippen molar-refractivity contribution in [2.75, 3.05) is 26.2 Å². The van der Waals surface area contributed by atoms with Crippen LogP contribution in [0, 0.1) is 0 Å². The third kappa shape index (κ3) is 12.5. The minimum atomic E-state index is -2.51. The summed E-state index contributed by atoms with van der Waals surface area (Å²) in [5.74, 6) is 1.02. The second kappa shape index (κ2) is 12.8. The minimum absolute atomic E-state index is 0.372. The van der Waals surface area contributed by atoms with Crippen molar-refractivity contribution in [3.05, 3.63) is 29.8 Å². The fourth-order valence-corrected chi connectivity index (χ4v) is 2.20. The van der Waals surface area contributed by atoms with E-state index in [1.807, 2.05) is 33.8 Å². The maximum absolute atomic E-state index is 12.3. The van der Waals surface area contributed by atoms with E-state index in [-0.39, 0.29) is 0 Å². The standard InChI is InChI=1S/C20H32F2N4O3/c1-5-23-18(24-10-7-11-25-19(27)29-20(2,3)4)26-13-15-8-6-9-16(12-15)28-14-17(21)22/h6,8-9,12,17H,5,7,10-11,13-14H2,1-4H3,(H,25,27)(H2,23,24,26). The molecule has 1 aromatic rings. The Balaban J connectivity index is 2.43. The molecule has 0 aromatic heterocycles. The van der Waals surface area contributed by atoms with Crippen molar-refractivity contribution in [1.82, 2.24) is 16.0 Å². The first kappa shape index (κ1) is 24.5. The normalized spacial score (nSPS) is 11.9. The molecular weight excluding hydrogens is 382 g/mol. The quantitative estimate of drug-likeness (QED) is 0.311. The summed E-state index contributed by atoms with van der Waals surface area (Å²) in [7, 11) is 0. The van der Waals surface area contributed by atoms with E-state index in [4.69, 9.17) is 9.47 Å². The number of alkyl halides is 2. The smallest absolute Gasteiger partial charge is 0.407 e. The number of rotatable bonds is 10. The number of aliphatic imine (C=N–C) groups is 1. The molecule has 0 unspecified atom stereocenters. The van der Waals surface area contributed by atoms with E-state index < -0.39 is 24.7 Å². The Morgan fingerprint density at radius 2 is 1.90 bits per heavy atom. The Morgan fingerprint density at radius 3 is 2.55 bits per heavy atom. The van der Waals surface area contributed by atoms with Gasteiger partial charge in [-0.3, -0.25) is 0 Å². The Bertz CT molecular complexity index is 649. The van der Waals surface area contributed by atoms with Crippen molar-refractivity contribution in [3.63, 3.8) is 0 Å². The summed E-state index contributed by atoms with van der Waals surface area (Å²) in [6.07, 6.45) is -2.25. The van der Waals surface area contributed by atoms with E-state index in [1.165, 1.54) is 0 Å². The highest BCUT2D eigenvalue weighted by atomic mass is 19.3. The second-order valence-electron chi connectivity index (χ2n) is 7.25. The van der Waals surface area contributed by atoms with Crippen molar-refractivity contribution >= 4 is 12.1 Å². The average Bonchev–Trinajstić information content (AvgIpc) is 2.63. The van der Waals surface area contributed by atoms with E-state index in [1.54, 1.807) is 18.2 Å². The number of carbonyl (C=O) groups excluding carboxylic acids is 1. The van der Waals surface area contributed by atoms with Gasteiger partial charge >= 0.3 is 6.09 Å². The van der Waals surface area contributed by atoms with Gasteiger partial charge in [0.1, 0.15) is 18.0 Å². The van der Waals surface area contributed by atoms with Crippen LogP contribution in [0.1, 0.15) is 39.7 Å². The molecule has 0 aliphatic rings. The summed E-state index contributed by atoms with van der Waals surface area (Å²) in [5, 5.41) is 9.02. The lowest BCUT2D eigenvalue weighted by Gasteiger charge is -2.19. The van der Waals surface area contributed by atoms with Crippen LogP contribution in [-0.4, -0.2) is 50.3 Å². The van der Waals surface area contributed by atoms with Gasteiger partial charge in [0.15, 0.2) is 5.96 Å². The van der Waals surface area contributed by atoms with Crippen molar-refractivity contribution in [2.45, 2.75) is 52.7 Å². The van der Waals surface area contributed by atoms with Gasteiger partial charge in [-0.15, -0.1) is 0 Å². The third-order valence-electron chi connectivity index (χ3n) is 3.35. The van der Waals surface area contributed by atoms with Gasteiger partial charge in [0.25, 0.3) is 6.43 Å². The molecule has 7 nitrogen and oxygen atoms in total. The molecule has 1 amide bonds. The molecule has 29 heavy (non-hydrogen) atoms. The Morgan fingerprint density at radius 1 is 1.17 bits per heavy atom. The highest BCUT2D eigenvalue weighted by Crippen LogP contribution is 2.15. The topological polar surface area (TPSA) is 84.0 Å². The minimum Gasteiger partial charge on any atom is -0.488 e. The molecule has 0 aliphatic carbocycles. The zero-order valence-electron chi connectivity index (χ0n) is 17.6. The summed E-state index contributed by atoms with van der Waals surface area (Å²) >= 11 is 0. The van der Waals surface area contributed by atoms with E-state index in [0.29, 0.717) is 44.3 Å². The SMILES string of the molecule is CCNC(=NCc1cccc(OCC(F)F)c1)NCCCNC(=O)OC(C)(C)C. The van der Waals surface area contributed by atoms with Crippen LogP contribution in [0.3, 0.4) is 0 Å². The Kier molecular flexibility index (Phi) is 10.8. The first-order chi connectivity index (χ1) is 13.7. The number of hydrogen-bond acceptors (Lipinski definition) is 4. The summed E-state index contributed by atoms with van der Waals surface area (Å²) in [6, 6.07) is 6.93. The number of carbonyl (C=O) groups is 1. The highest BCUT2D eigenvalue weighted by molar-refractivity contribution is 5.79. The number of nitrogens with one attached hydrogen (secondary N) is 3. The number of halogens is 2. The third-order valence-corrected chi connectivity index (χ3v) is 3.35. The zero-order chi connectivity index (χ0) is 21.7. The number of nitrogens with zero attached hydrogens (tertiary/aromatic N) is 1. The molecule has 0 saturated carbocycles. The number of amides is 1. The van der Waals surface area contributed by atoms with Crippen molar-refractivity contribution in [1.29, 1.82) is 0 Å². The molecule has 164 valence electrons. The van der Waals surface area contributed by atoms with Gasteiger partial charge in [-0.1, -0.05) is 12.1 Å². The predicted octanol–water partition coefficient (Wildman–Crippen LogP) is 3.30. The molecule has 9 heteroatoms. The summed E-state index contributed by atoms with van der Waals surface area (Å²) in [6.45, 7) is 8.92. The maximum Gasteiger partial charge on any atom is 0.407 e. The van der Waals surface area contributed by atoms with Gasteiger partial charge in [-0.05, 0) is 51.8 Å². The molecule has 1 rings (SSSR count). The number of benzene rings is 1. The van der Waals surface area contributed by atoms with Crippen LogP contribution in [0.4, 0.5) is 13.6 Å². The van der Waals surface area contributed by atoms with Crippen molar-refractivity contribution in [3.8, 4) is 5.75 Å². The molecule has 0 bridgehead atoms. The van der Waals surface area contributed by atoms with Crippen molar-refractivity contribution < 1.29 is 23.0 Å². The molecule has 0 aliphatic heterocycles. The van der Waals surface area contributed by atoms with Gasteiger partial charge in [0.2, 0.25) is 0 Å². The molecule has 0 radical (unpaired) electrons. The van der Waals surface area contributed by atoms with Crippen LogP contribution in [0.2, 0.25) is 0 Å². The predicted molar refractivity (Wildman–Crippen MR) is 110 cm³/mol. The molecule has 1 aromatic carbocycles. The first-order valence-corrected chi connectivity index (χ1v) is 9.68. The van der Waals surface area contributed by atoms with Gasteiger partial charge in [-0.25, -0.2) is 18.6 Å². The summed E-state index contributed by atoms with van der Waals surface area (Å²) in [4.78, 5) is 16.1. The molecule has 0 atom stereocenters. The zero-order valence-corrected chi connectivity index (χ0v) is 17.6. The van der Waals surface area contributed by atoms with Crippen molar-refractivity contribution in [2.24, 2.45) is 4.99 Å². The summed E-state index contributed by atoms with van der Waals surface area (Å²) in [5.41, 5.74) is 0.329. The Hall–Kier alpha value is -2.58. The van der Waals surface area contributed by atoms with E-state index in [0.717, 1.165) is 5.56 Å². The summed E-state index contributed by atoms with van der Waals surface area (Å²) < 4.78 is 34.7. The van der Waals surface area contributed by atoms with E-state index >= 15 is 0 Å². The molecule has 3 N–H and O–H groups in total. The maximum atomic E-state index is 12.3. The fraction of sp³-hybridized carbons (Fsp3) is 0.600. The monoisotopic (exact) mass is 414 g/mol. The average molecular weight is 414 g/mol. The fourth-order valence-electron chi connectivity index (χ4n) is 2.20. The largest absolute Gasteiger partial charge is 0.488 e. The number of alkyl carbamates (subject to hydrolysis) is 1.